The van der Waals surface area contributed by atoms with Crippen molar-refractivity contribution >= 4 is 52.3 Å². The highest BCUT2D eigenvalue weighted by atomic mass is 127. The fourth-order valence-electron chi connectivity index (χ4n) is 2.21. The second-order valence-electron chi connectivity index (χ2n) is 6.26. The van der Waals surface area contributed by atoms with E-state index in [1.807, 2.05) is 37.2 Å². The van der Waals surface area contributed by atoms with E-state index in [9.17, 15) is 4.79 Å². The number of hydrogen-bond acceptors (Lipinski definition) is 5. The number of hydrogen-bond donors (Lipinski definition) is 2. The molecule has 9 heteroatoms. The Bertz CT molecular complexity index is 520. The topological polar surface area (TPSA) is 86.8 Å². The molecule has 1 aromatic heterocycles. The standard InChI is InChI=1S/C14H24N6OS.HI/c1-14(2,3)18-11(21)10-17-12(15)19-5-7-20(8-6-19)13-16-4-9-22-13;/h4,9H,5-8,10H2,1-3H3,(H2,15,17)(H,18,21);1H. The van der Waals surface area contributed by atoms with Crippen LogP contribution in [0.3, 0.4) is 0 Å². The molecule has 0 atom stereocenters. The third-order valence-corrected chi connectivity index (χ3v) is 4.02. The van der Waals surface area contributed by atoms with Gasteiger partial charge in [-0.05, 0) is 20.8 Å². The Kier molecular flexibility index (Phi) is 7.52. The van der Waals surface area contributed by atoms with Gasteiger partial charge in [0.2, 0.25) is 5.91 Å². The Balaban J connectivity index is 0.00000264. The van der Waals surface area contributed by atoms with Gasteiger partial charge in [0.15, 0.2) is 11.1 Å². The number of aromatic nitrogens is 1. The van der Waals surface area contributed by atoms with Crippen molar-refractivity contribution in [2.45, 2.75) is 26.3 Å². The van der Waals surface area contributed by atoms with E-state index in [-0.39, 0.29) is 42.0 Å². The second-order valence-corrected chi connectivity index (χ2v) is 7.13. The van der Waals surface area contributed by atoms with E-state index in [4.69, 9.17) is 5.73 Å². The highest BCUT2D eigenvalue weighted by Gasteiger charge is 2.20. The number of piperazine rings is 1. The van der Waals surface area contributed by atoms with Gasteiger partial charge in [0, 0.05) is 43.3 Å². The predicted octanol–water partition coefficient (Wildman–Crippen LogP) is 1.11. The van der Waals surface area contributed by atoms with E-state index in [0.717, 1.165) is 31.3 Å². The Morgan fingerprint density at radius 3 is 2.57 bits per heavy atom. The molecule has 0 aliphatic carbocycles. The van der Waals surface area contributed by atoms with Crippen LogP contribution in [0.2, 0.25) is 0 Å². The number of nitrogens with two attached hydrogens (primary N) is 1. The Morgan fingerprint density at radius 1 is 1.39 bits per heavy atom. The van der Waals surface area contributed by atoms with Gasteiger partial charge in [-0.2, -0.15) is 0 Å². The molecule has 130 valence electrons. The predicted molar refractivity (Wildman–Crippen MR) is 106 cm³/mol. The average Bonchev–Trinajstić information content (AvgIpc) is 2.97. The van der Waals surface area contributed by atoms with Crippen molar-refractivity contribution in [1.29, 1.82) is 0 Å². The molecule has 0 radical (unpaired) electrons. The third-order valence-electron chi connectivity index (χ3n) is 3.19. The molecule has 1 aliphatic heterocycles. The van der Waals surface area contributed by atoms with Crippen molar-refractivity contribution in [3.63, 3.8) is 0 Å². The molecule has 1 aliphatic rings. The van der Waals surface area contributed by atoms with E-state index in [1.165, 1.54) is 0 Å². The van der Waals surface area contributed by atoms with Gasteiger partial charge in [-0.3, -0.25) is 4.79 Å². The zero-order valence-electron chi connectivity index (χ0n) is 13.8. The molecule has 0 bridgehead atoms. The first kappa shape index (κ1) is 19.9. The number of rotatable bonds is 3. The summed E-state index contributed by atoms with van der Waals surface area (Å²) in [6, 6.07) is 0. The van der Waals surface area contributed by atoms with E-state index in [1.54, 1.807) is 11.3 Å². The van der Waals surface area contributed by atoms with Crippen LogP contribution < -0.4 is 16.0 Å². The molecule has 0 unspecified atom stereocenters. The highest BCUT2D eigenvalue weighted by molar-refractivity contribution is 14.0. The lowest BCUT2D eigenvalue weighted by molar-refractivity contribution is -0.121. The maximum Gasteiger partial charge on any atom is 0.242 e. The Labute approximate surface area is 158 Å². The van der Waals surface area contributed by atoms with Gasteiger partial charge in [0.05, 0.1) is 0 Å². The van der Waals surface area contributed by atoms with E-state index < -0.39 is 0 Å². The van der Waals surface area contributed by atoms with Crippen LogP contribution >= 0.6 is 35.3 Å². The Morgan fingerprint density at radius 2 is 2.04 bits per heavy atom. The maximum atomic E-state index is 11.7. The van der Waals surface area contributed by atoms with Crippen LogP contribution in [-0.2, 0) is 4.79 Å². The fourth-order valence-corrected chi connectivity index (χ4v) is 2.91. The van der Waals surface area contributed by atoms with Crippen LogP contribution in [0, 0.1) is 0 Å². The number of guanidine groups is 1. The molecule has 0 saturated carbocycles. The molecule has 1 aromatic rings. The summed E-state index contributed by atoms with van der Waals surface area (Å²) in [5, 5.41) is 5.89. The first-order valence-electron chi connectivity index (χ1n) is 7.35. The molecule has 1 fully saturated rings. The molecule has 2 rings (SSSR count). The van der Waals surface area contributed by atoms with Crippen LogP contribution in [0.1, 0.15) is 20.8 Å². The zero-order chi connectivity index (χ0) is 16.2. The highest BCUT2D eigenvalue weighted by Crippen LogP contribution is 2.18. The van der Waals surface area contributed by atoms with Crippen LogP contribution in [0.15, 0.2) is 16.6 Å². The number of thiazole rings is 1. The smallest absolute Gasteiger partial charge is 0.242 e. The fraction of sp³-hybridized carbons (Fsp3) is 0.643. The summed E-state index contributed by atoms with van der Waals surface area (Å²) in [4.78, 5) is 24.5. The van der Waals surface area contributed by atoms with Gasteiger partial charge in [0.25, 0.3) is 0 Å². The molecule has 1 amide bonds. The van der Waals surface area contributed by atoms with Crippen LogP contribution in [-0.4, -0.2) is 60.0 Å². The first-order valence-corrected chi connectivity index (χ1v) is 8.23. The minimum absolute atomic E-state index is 0. The molecule has 7 nitrogen and oxygen atoms in total. The molecule has 0 spiro atoms. The summed E-state index contributed by atoms with van der Waals surface area (Å²) in [5.74, 6) is 0.319. The number of amides is 1. The molecular weight excluding hydrogens is 427 g/mol. The van der Waals surface area contributed by atoms with Gasteiger partial charge in [-0.15, -0.1) is 35.3 Å². The van der Waals surface area contributed by atoms with Gasteiger partial charge >= 0.3 is 0 Å². The zero-order valence-corrected chi connectivity index (χ0v) is 16.9. The second kappa shape index (κ2) is 8.67. The van der Waals surface area contributed by atoms with Gasteiger partial charge < -0.3 is 20.9 Å². The van der Waals surface area contributed by atoms with E-state index in [0.29, 0.717) is 5.96 Å². The number of carbonyl (C=O) groups excluding carboxylic acids is 1. The normalized spacial score (nSPS) is 16.0. The summed E-state index contributed by atoms with van der Waals surface area (Å²) >= 11 is 1.64. The lowest BCUT2D eigenvalue weighted by atomic mass is 10.1. The van der Waals surface area contributed by atoms with Crippen molar-refractivity contribution < 1.29 is 4.79 Å². The quantitative estimate of drug-likeness (QED) is 0.408. The summed E-state index contributed by atoms with van der Waals surface area (Å²) in [6.07, 6.45) is 1.82. The average molecular weight is 452 g/mol. The monoisotopic (exact) mass is 452 g/mol. The largest absolute Gasteiger partial charge is 0.370 e. The maximum absolute atomic E-state index is 11.7. The number of nitrogens with one attached hydrogen (secondary N) is 1. The first-order chi connectivity index (χ1) is 10.3. The number of nitrogens with zero attached hydrogens (tertiary/aromatic N) is 4. The van der Waals surface area contributed by atoms with Crippen molar-refractivity contribution in [3.05, 3.63) is 11.6 Å². The van der Waals surface area contributed by atoms with Crippen molar-refractivity contribution in [2.24, 2.45) is 10.7 Å². The molecule has 3 N–H and O–H groups in total. The molecule has 1 saturated heterocycles. The summed E-state index contributed by atoms with van der Waals surface area (Å²) in [7, 11) is 0. The van der Waals surface area contributed by atoms with Gasteiger partial charge in [0.1, 0.15) is 6.54 Å². The lowest BCUT2D eigenvalue weighted by Crippen LogP contribution is -2.51. The van der Waals surface area contributed by atoms with Crippen molar-refractivity contribution in [3.8, 4) is 0 Å². The van der Waals surface area contributed by atoms with Crippen LogP contribution in [0.5, 0.6) is 0 Å². The molecular formula is C14H25IN6OS. The number of carbonyl (C=O) groups is 1. The number of aliphatic imine (C=N–C) groups is 1. The summed E-state index contributed by atoms with van der Waals surface area (Å²) in [6.45, 7) is 9.18. The number of anilines is 1. The Hall–Kier alpha value is -1.10. The van der Waals surface area contributed by atoms with E-state index >= 15 is 0 Å². The van der Waals surface area contributed by atoms with Crippen LogP contribution in [0.25, 0.3) is 0 Å². The lowest BCUT2D eigenvalue weighted by Gasteiger charge is -2.35. The van der Waals surface area contributed by atoms with E-state index in [2.05, 4.69) is 20.2 Å². The molecule has 0 aromatic carbocycles. The molecule has 23 heavy (non-hydrogen) atoms. The van der Waals surface area contributed by atoms with Gasteiger partial charge in [-0.25, -0.2) is 9.98 Å². The minimum Gasteiger partial charge on any atom is -0.370 e. The number of halogens is 1. The van der Waals surface area contributed by atoms with Crippen molar-refractivity contribution in [2.75, 3.05) is 37.6 Å². The van der Waals surface area contributed by atoms with Gasteiger partial charge in [-0.1, -0.05) is 0 Å². The summed E-state index contributed by atoms with van der Waals surface area (Å²) in [5.41, 5.74) is 5.74. The van der Waals surface area contributed by atoms with Crippen molar-refractivity contribution in [1.82, 2.24) is 15.2 Å². The van der Waals surface area contributed by atoms with Crippen LogP contribution in [0.4, 0.5) is 5.13 Å². The molecule has 2 heterocycles. The third kappa shape index (κ3) is 6.50. The SMILES string of the molecule is CC(C)(C)NC(=O)CN=C(N)N1CCN(c2nccs2)CC1.I. The minimum atomic E-state index is -0.249. The summed E-state index contributed by atoms with van der Waals surface area (Å²) < 4.78 is 0.